The highest BCUT2D eigenvalue weighted by molar-refractivity contribution is 7.85. The van der Waals surface area contributed by atoms with Crippen LogP contribution in [0.4, 0.5) is 23.2 Å². The smallest absolute Gasteiger partial charge is 0.573 e. The van der Waals surface area contributed by atoms with Gasteiger partial charge in [0.2, 0.25) is 5.91 Å². The summed E-state index contributed by atoms with van der Waals surface area (Å²) in [5.74, 6) is -5.00. The molecule has 0 aliphatic carbocycles. The van der Waals surface area contributed by atoms with Crippen LogP contribution in [0.25, 0.3) is 0 Å². The Kier molecular flexibility index (Phi) is 4.53. The summed E-state index contributed by atoms with van der Waals surface area (Å²) in [6.45, 7) is 0.0257. The summed E-state index contributed by atoms with van der Waals surface area (Å²) in [5.41, 5.74) is -0.0483. The zero-order valence-corrected chi connectivity index (χ0v) is 12.2. The molecular formula is C12H10F4NO5S-. The molecule has 1 aliphatic rings. The van der Waals surface area contributed by atoms with Crippen molar-refractivity contribution < 1.29 is 40.1 Å². The molecule has 0 spiro atoms. The topological polar surface area (TPSA) is 86.7 Å². The Labute approximate surface area is 128 Å². The third-order valence-corrected chi connectivity index (χ3v) is 3.99. The number of halogens is 4. The van der Waals surface area contributed by atoms with E-state index in [1.807, 2.05) is 0 Å². The van der Waals surface area contributed by atoms with Gasteiger partial charge in [-0.25, -0.2) is 12.8 Å². The number of anilines is 1. The lowest BCUT2D eigenvalue weighted by Crippen LogP contribution is -2.30. The van der Waals surface area contributed by atoms with Gasteiger partial charge in [-0.2, -0.15) is 0 Å². The highest BCUT2D eigenvalue weighted by Crippen LogP contribution is 2.31. The molecule has 0 bridgehead atoms. The van der Waals surface area contributed by atoms with Crippen molar-refractivity contribution in [2.75, 3.05) is 17.2 Å². The lowest BCUT2D eigenvalue weighted by Gasteiger charge is -2.18. The van der Waals surface area contributed by atoms with Crippen LogP contribution >= 0.6 is 0 Å². The Morgan fingerprint density at radius 2 is 2.00 bits per heavy atom. The number of carbonyl (C=O) groups excluding carboxylic acids is 1. The van der Waals surface area contributed by atoms with E-state index in [2.05, 4.69) is 4.74 Å². The predicted molar refractivity (Wildman–Crippen MR) is 68.1 cm³/mol. The molecule has 0 saturated carbocycles. The van der Waals surface area contributed by atoms with E-state index in [0.29, 0.717) is 12.1 Å². The van der Waals surface area contributed by atoms with Crippen LogP contribution in [0.2, 0.25) is 0 Å². The minimum absolute atomic E-state index is 0.0257. The molecule has 1 unspecified atom stereocenters. The molecule has 1 aromatic carbocycles. The second-order valence-electron chi connectivity index (χ2n) is 4.86. The van der Waals surface area contributed by atoms with Crippen molar-refractivity contribution in [1.82, 2.24) is 0 Å². The molecule has 1 heterocycles. The molecule has 0 aromatic heterocycles. The molecule has 1 aliphatic heterocycles. The highest BCUT2D eigenvalue weighted by Gasteiger charge is 2.35. The van der Waals surface area contributed by atoms with Gasteiger partial charge in [0, 0.05) is 24.1 Å². The number of nitrogens with zero attached hydrogens (tertiary/aromatic N) is 1. The van der Waals surface area contributed by atoms with E-state index in [0.717, 1.165) is 11.0 Å². The number of rotatable bonds is 4. The minimum Gasteiger partial charge on any atom is -0.748 e. The van der Waals surface area contributed by atoms with Crippen LogP contribution in [0, 0.1) is 11.7 Å². The third kappa shape index (κ3) is 4.55. The predicted octanol–water partition coefficient (Wildman–Crippen LogP) is 1.62. The molecule has 0 radical (unpaired) electrons. The van der Waals surface area contributed by atoms with Gasteiger partial charge in [-0.15, -0.1) is 13.2 Å². The third-order valence-electron chi connectivity index (χ3n) is 3.17. The number of carbonyl (C=O) groups is 1. The average Bonchev–Trinajstić information content (AvgIpc) is 2.70. The van der Waals surface area contributed by atoms with Crippen molar-refractivity contribution in [1.29, 1.82) is 0 Å². The maximum Gasteiger partial charge on any atom is 0.573 e. The van der Waals surface area contributed by atoms with Gasteiger partial charge in [0.25, 0.3) is 0 Å². The molecule has 1 aromatic rings. The van der Waals surface area contributed by atoms with Gasteiger partial charge in [0.15, 0.2) is 11.6 Å². The Morgan fingerprint density at radius 1 is 1.35 bits per heavy atom. The van der Waals surface area contributed by atoms with E-state index in [4.69, 9.17) is 0 Å². The van der Waals surface area contributed by atoms with E-state index in [9.17, 15) is 35.3 Å². The SMILES string of the molecule is O=C1C(CS(=O)(=O)[O-])CCN1c1ccc(OC(F)(F)F)c(F)c1. The van der Waals surface area contributed by atoms with E-state index in [1.165, 1.54) is 0 Å². The van der Waals surface area contributed by atoms with Crippen LogP contribution < -0.4 is 9.64 Å². The summed E-state index contributed by atoms with van der Waals surface area (Å²) in [4.78, 5) is 13.0. The molecule has 1 amide bonds. The van der Waals surface area contributed by atoms with Crippen LogP contribution in [0.1, 0.15) is 6.42 Å². The van der Waals surface area contributed by atoms with E-state index in [-0.39, 0.29) is 18.7 Å². The van der Waals surface area contributed by atoms with Crippen LogP contribution in [-0.2, 0) is 14.9 Å². The van der Waals surface area contributed by atoms with Crippen LogP contribution in [0.15, 0.2) is 18.2 Å². The monoisotopic (exact) mass is 356 g/mol. The number of benzene rings is 1. The molecule has 2 rings (SSSR count). The van der Waals surface area contributed by atoms with Crippen molar-refractivity contribution in [3.8, 4) is 5.75 Å². The number of amides is 1. The molecular weight excluding hydrogens is 346 g/mol. The van der Waals surface area contributed by atoms with Gasteiger partial charge < -0.3 is 14.2 Å². The number of ether oxygens (including phenoxy) is 1. The fourth-order valence-electron chi connectivity index (χ4n) is 2.26. The van der Waals surface area contributed by atoms with Gasteiger partial charge in [-0.3, -0.25) is 4.79 Å². The van der Waals surface area contributed by atoms with Gasteiger partial charge in [0.1, 0.15) is 0 Å². The largest absolute Gasteiger partial charge is 0.748 e. The summed E-state index contributed by atoms with van der Waals surface area (Å²) < 4.78 is 85.3. The molecule has 0 N–H and O–H groups in total. The summed E-state index contributed by atoms with van der Waals surface area (Å²) >= 11 is 0. The van der Waals surface area contributed by atoms with Crippen molar-refractivity contribution in [3.63, 3.8) is 0 Å². The first-order valence-corrected chi connectivity index (χ1v) is 7.84. The first kappa shape index (κ1) is 17.5. The zero-order valence-electron chi connectivity index (χ0n) is 11.3. The molecule has 1 saturated heterocycles. The lowest BCUT2D eigenvalue weighted by atomic mass is 10.1. The Hall–Kier alpha value is -1.88. The maximum atomic E-state index is 13.6. The van der Waals surface area contributed by atoms with Crippen LogP contribution in [0.5, 0.6) is 5.75 Å². The molecule has 6 nitrogen and oxygen atoms in total. The number of alkyl halides is 3. The van der Waals surface area contributed by atoms with Gasteiger partial charge in [-0.1, -0.05) is 0 Å². The van der Waals surface area contributed by atoms with Gasteiger partial charge in [-0.05, 0) is 18.6 Å². The fourth-order valence-corrected chi connectivity index (χ4v) is 3.06. The highest BCUT2D eigenvalue weighted by atomic mass is 32.2. The molecule has 1 fully saturated rings. The van der Waals surface area contributed by atoms with Crippen molar-refractivity contribution >= 4 is 21.7 Å². The second kappa shape index (κ2) is 5.96. The maximum absolute atomic E-state index is 13.6. The average molecular weight is 356 g/mol. The van der Waals surface area contributed by atoms with Gasteiger partial charge in [0.05, 0.1) is 16.0 Å². The second-order valence-corrected chi connectivity index (χ2v) is 6.31. The van der Waals surface area contributed by atoms with Crippen molar-refractivity contribution in [2.24, 2.45) is 5.92 Å². The Morgan fingerprint density at radius 3 is 2.52 bits per heavy atom. The summed E-state index contributed by atoms with van der Waals surface area (Å²) in [5, 5.41) is 0. The molecule has 11 heteroatoms. The molecule has 23 heavy (non-hydrogen) atoms. The summed E-state index contributed by atoms with van der Waals surface area (Å²) in [6, 6.07) is 2.42. The lowest BCUT2D eigenvalue weighted by molar-refractivity contribution is -0.275. The molecule has 128 valence electrons. The minimum atomic E-state index is -5.06. The van der Waals surface area contributed by atoms with Crippen molar-refractivity contribution in [2.45, 2.75) is 12.8 Å². The molecule has 1 atom stereocenters. The Balaban J connectivity index is 2.17. The zero-order chi connectivity index (χ0) is 17.4. The van der Waals surface area contributed by atoms with E-state index in [1.54, 1.807) is 0 Å². The van der Waals surface area contributed by atoms with Crippen molar-refractivity contribution in [3.05, 3.63) is 24.0 Å². The first-order chi connectivity index (χ1) is 10.5. The van der Waals surface area contributed by atoms with E-state index >= 15 is 0 Å². The Bertz CT molecular complexity index is 719. The summed E-state index contributed by atoms with van der Waals surface area (Å²) in [7, 11) is -4.60. The quantitative estimate of drug-likeness (QED) is 0.604. The normalized spacial score (nSPS) is 19.3. The van der Waals surface area contributed by atoms with Crippen LogP contribution in [0.3, 0.4) is 0 Å². The number of hydrogen-bond donors (Lipinski definition) is 0. The number of hydrogen-bond acceptors (Lipinski definition) is 5. The van der Waals surface area contributed by atoms with E-state index < -0.39 is 45.6 Å². The standard InChI is InChI=1S/C12H11F4NO5S/c13-9-5-8(1-2-10(9)22-12(14,15)16)17-4-3-7(11(17)18)6-23(19,20)21/h1-2,5,7H,3-4,6H2,(H,19,20,21)/p-1. The van der Waals surface area contributed by atoms with Crippen LogP contribution in [-0.4, -0.2) is 37.5 Å². The van der Waals surface area contributed by atoms with Gasteiger partial charge >= 0.3 is 6.36 Å². The first-order valence-electron chi connectivity index (χ1n) is 6.26. The summed E-state index contributed by atoms with van der Waals surface area (Å²) in [6.07, 6.45) is -4.98. The fraction of sp³-hybridized carbons (Fsp3) is 0.417.